The van der Waals surface area contributed by atoms with Crippen molar-refractivity contribution in [3.63, 3.8) is 0 Å². The summed E-state index contributed by atoms with van der Waals surface area (Å²) in [7, 11) is 1.62. The van der Waals surface area contributed by atoms with E-state index in [1.165, 1.54) is 0 Å². The van der Waals surface area contributed by atoms with Gasteiger partial charge in [-0.25, -0.2) is 0 Å². The van der Waals surface area contributed by atoms with Crippen molar-refractivity contribution < 1.29 is 14.6 Å². The zero-order valence-corrected chi connectivity index (χ0v) is 10.6. The molecule has 0 radical (unpaired) electrons. The van der Waals surface area contributed by atoms with Crippen LogP contribution in [0.25, 0.3) is 0 Å². The zero-order chi connectivity index (χ0) is 13.2. The number of amides is 1. The molecular weight excluding hydrogens is 232 g/mol. The second-order valence-electron chi connectivity index (χ2n) is 3.79. The van der Waals surface area contributed by atoms with Crippen molar-refractivity contribution in [1.82, 2.24) is 10.6 Å². The first-order valence-corrected chi connectivity index (χ1v) is 5.98. The lowest BCUT2D eigenvalue weighted by atomic mass is 10.1. The van der Waals surface area contributed by atoms with Gasteiger partial charge < -0.3 is 20.5 Å². The van der Waals surface area contributed by atoms with Gasteiger partial charge in [-0.3, -0.25) is 4.79 Å². The SMILES string of the molecule is CNC(=O)c1ccc(CNCCOCCO)cc1. The van der Waals surface area contributed by atoms with E-state index in [-0.39, 0.29) is 12.5 Å². The van der Waals surface area contributed by atoms with E-state index < -0.39 is 0 Å². The highest BCUT2D eigenvalue weighted by molar-refractivity contribution is 5.93. The fourth-order valence-electron chi connectivity index (χ4n) is 1.46. The highest BCUT2D eigenvalue weighted by Gasteiger charge is 2.01. The molecule has 18 heavy (non-hydrogen) atoms. The van der Waals surface area contributed by atoms with Crippen molar-refractivity contribution in [3.8, 4) is 0 Å². The van der Waals surface area contributed by atoms with Crippen LogP contribution in [0.15, 0.2) is 24.3 Å². The molecule has 0 atom stereocenters. The quantitative estimate of drug-likeness (QED) is 0.576. The molecule has 0 heterocycles. The number of hydrogen-bond donors (Lipinski definition) is 3. The highest BCUT2D eigenvalue weighted by atomic mass is 16.5. The van der Waals surface area contributed by atoms with E-state index in [0.717, 1.165) is 18.7 Å². The summed E-state index contributed by atoms with van der Waals surface area (Å²) in [4.78, 5) is 11.3. The first-order chi connectivity index (χ1) is 8.77. The number of ether oxygens (including phenoxy) is 1. The summed E-state index contributed by atoms with van der Waals surface area (Å²) >= 11 is 0. The maximum absolute atomic E-state index is 11.3. The Labute approximate surface area is 107 Å². The maximum Gasteiger partial charge on any atom is 0.251 e. The lowest BCUT2D eigenvalue weighted by molar-refractivity contribution is 0.0938. The van der Waals surface area contributed by atoms with Crippen molar-refractivity contribution in [1.29, 1.82) is 0 Å². The van der Waals surface area contributed by atoms with Gasteiger partial charge in [0, 0.05) is 25.7 Å². The third-order valence-electron chi connectivity index (χ3n) is 2.43. The molecular formula is C13H20N2O3. The summed E-state index contributed by atoms with van der Waals surface area (Å²) in [5, 5.41) is 14.3. The van der Waals surface area contributed by atoms with Gasteiger partial charge in [-0.15, -0.1) is 0 Å². The van der Waals surface area contributed by atoms with E-state index in [4.69, 9.17) is 9.84 Å². The van der Waals surface area contributed by atoms with E-state index in [0.29, 0.717) is 18.8 Å². The van der Waals surface area contributed by atoms with Crippen LogP contribution in [0, 0.1) is 0 Å². The minimum absolute atomic E-state index is 0.0565. The molecule has 1 rings (SSSR count). The normalized spacial score (nSPS) is 10.3. The molecule has 0 aliphatic carbocycles. The number of aliphatic hydroxyl groups is 1. The summed E-state index contributed by atoms with van der Waals surface area (Å²) in [5.74, 6) is -0.0769. The van der Waals surface area contributed by atoms with Crippen molar-refractivity contribution in [2.45, 2.75) is 6.54 Å². The van der Waals surface area contributed by atoms with Gasteiger partial charge in [0.15, 0.2) is 0 Å². The molecule has 0 spiro atoms. The van der Waals surface area contributed by atoms with Crippen LogP contribution in [-0.2, 0) is 11.3 Å². The Kier molecular flexibility index (Phi) is 7.01. The summed E-state index contributed by atoms with van der Waals surface area (Å²) < 4.78 is 5.12. The predicted octanol–water partition coefficient (Wildman–Crippen LogP) is 0.145. The van der Waals surface area contributed by atoms with E-state index in [9.17, 15) is 4.79 Å². The number of aliphatic hydroxyl groups excluding tert-OH is 1. The smallest absolute Gasteiger partial charge is 0.251 e. The third-order valence-corrected chi connectivity index (χ3v) is 2.43. The first-order valence-electron chi connectivity index (χ1n) is 5.98. The largest absolute Gasteiger partial charge is 0.394 e. The van der Waals surface area contributed by atoms with Crippen molar-refractivity contribution in [2.24, 2.45) is 0 Å². The number of carbonyl (C=O) groups excluding carboxylic acids is 1. The summed E-state index contributed by atoms with van der Waals surface area (Å²) in [6.45, 7) is 2.48. The average molecular weight is 252 g/mol. The standard InChI is InChI=1S/C13H20N2O3/c1-14-13(17)12-4-2-11(3-5-12)10-15-6-8-18-9-7-16/h2-5,15-16H,6-10H2,1H3,(H,14,17). The average Bonchev–Trinajstić information content (AvgIpc) is 2.42. The Balaban J connectivity index is 2.25. The Bertz CT molecular complexity index is 352. The molecule has 0 bridgehead atoms. The van der Waals surface area contributed by atoms with Gasteiger partial charge in [0.05, 0.1) is 19.8 Å². The third kappa shape index (κ3) is 5.27. The number of rotatable bonds is 8. The maximum atomic E-state index is 11.3. The topological polar surface area (TPSA) is 70.6 Å². The van der Waals surface area contributed by atoms with Crippen LogP contribution in [0.5, 0.6) is 0 Å². The van der Waals surface area contributed by atoms with Crippen LogP contribution < -0.4 is 10.6 Å². The molecule has 0 fully saturated rings. The minimum Gasteiger partial charge on any atom is -0.394 e. The molecule has 0 saturated heterocycles. The van der Waals surface area contributed by atoms with Crippen LogP contribution >= 0.6 is 0 Å². The van der Waals surface area contributed by atoms with Crippen molar-refractivity contribution >= 4 is 5.91 Å². The van der Waals surface area contributed by atoms with E-state index in [2.05, 4.69) is 10.6 Å². The Morgan fingerprint density at radius 3 is 2.61 bits per heavy atom. The number of carbonyl (C=O) groups is 1. The van der Waals surface area contributed by atoms with Gasteiger partial charge in [0.25, 0.3) is 5.91 Å². The van der Waals surface area contributed by atoms with Crippen LogP contribution in [0.3, 0.4) is 0 Å². The van der Waals surface area contributed by atoms with Gasteiger partial charge in [-0.2, -0.15) is 0 Å². The monoisotopic (exact) mass is 252 g/mol. The first kappa shape index (κ1) is 14.6. The van der Waals surface area contributed by atoms with E-state index in [1.807, 2.05) is 12.1 Å². The van der Waals surface area contributed by atoms with E-state index >= 15 is 0 Å². The fourth-order valence-corrected chi connectivity index (χ4v) is 1.46. The number of benzene rings is 1. The van der Waals surface area contributed by atoms with Crippen molar-refractivity contribution in [2.75, 3.05) is 33.4 Å². The lowest BCUT2D eigenvalue weighted by Crippen LogP contribution is -2.20. The fraction of sp³-hybridized carbons (Fsp3) is 0.462. The molecule has 1 aromatic carbocycles. The van der Waals surface area contributed by atoms with Crippen LogP contribution in [0.1, 0.15) is 15.9 Å². The molecule has 100 valence electrons. The highest BCUT2D eigenvalue weighted by Crippen LogP contribution is 2.03. The molecule has 0 aromatic heterocycles. The molecule has 0 unspecified atom stereocenters. The zero-order valence-electron chi connectivity index (χ0n) is 10.6. The number of nitrogens with one attached hydrogen (secondary N) is 2. The van der Waals surface area contributed by atoms with Crippen LogP contribution in [0.4, 0.5) is 0 Å². The van der Waals surface area contributed by atoms with Gasteiger partial charge in [-0.05, 0) is 17.7 Å². The molecule has 0 aliphatic heterocycles. The molecule has 0 aliphatic rings. The van der Waals surface area contributed by atoms with Gasteiger partial charge in [0.1, 0.15) is 0 Å². The Morgan fingerprint density at radius 2 is 2.00 bits per heavy atom. The van der Waals surface area contributed by atoms with Crippen LogP contribution in [-0.4, -0.2) is 44.4 Å². The minimum atomic E-state index is -0.0769. The van der Waals surface area contributed by atoms with E-state index in [1.54, 1.807) is 19.2 Å². The summed E-state index contributed by atoms with van der Waals surface area (Å²) in [5.41, 5.74) is 1.78. The van der Waals surface area contributed by atoms with Gasteiger partial charge in [-0.1, -0.05) is 12.1 Å². The second-order valence-corrected chi connectivity index (χ2v) is 3.79. The van der Waals surface area contributed by atoms with Gasteiger partial charge in [0.2, 0.25) is 0 Å². The summed E-state index contributed by atoms with van der Waals surface area (Å²) in [6.07, 6.45) is 0. The van der Waals surface area contributed by atoms with Crippen molar-refractivity contribution in [3.05, 3.63) is 35.4 Å². The summed E-state index contributed by atoms with van der Waals surface area (Å²) in [6, 6.07) is 7.45. The van der Waals surface area contributed by atoms with Gasteiger partial charge >= 0.3 is 0 Å². The second kappa shape index (κ2) is 8.63. The Morgan fingerprint density at radius 1 is 1.28 bits per heavy atom. The predicted molar refractivity (Wildman–Crippen MR) is 69.4 cm³/mol. The number of hydrogen-bond acceptors (Lipinski definition) is 4. The molecule has 1 aromatic rings. The molecule has 1 amide bonds. The molecule has 5 heteroatoms. The molecule has 0 saturated carbocycles. The molecule has 5 nitrogen and oxygen atoms in total. The Hall–Kier alpha value is -1.43. The lowest BCUT2D eigenvalue weighted by Gasteiger charge is -2.06. The molecule has 3 N–H and O–H groups in total. The van der Waals surface area contributed by atoms with Crippen LogP contribution in [0.2, 0.25) is 0 Å².